The second kappa shape index (κ2) is 13.0. The molecule has 2 unspecified atom stereocenters. The first kappa shape index (κ1) is 32.0. The topological polar surface area (TPSA) is 130 Å². The van der Waals surface area contributed by atoms with Crippen molar-refractivity contribution in [2.24, 2.45) is 0 Å². The van der Waals surface area contributed by atoms with Crippen LogP contribution in [0.1, 0.15) is 81.7 Å². The molecule has 2 atom stereocenters. The molecule has 0 aliphatic carbocycles. The van der Waals surface area contributed by atoms with E-state index in [1.807, 2.05) is 32.9 Å². The molecule has 0 spiro atoms. The van der Waals surface area contributed by atoms with Crippen LogP contribution < -0.4 is 10.1 Å². The molecule has 222 valence electrons. The third kappa shape index (κ3) is 9.00. The lowest BCUT2D eigenvalue weighted by atomic mass is 9.84. The van der Waals surface area contributed by atoms with Crippen molar-refractivity contribution < 1.29 is 47.3 Å². The Morgan fingerprint density at radius 2 is 1.31 bits per heavy atom. The van der Waals surface area contributed by atoms with E-state index in [-0.39, 0.29) is 34.3 Å². The van der Waals surface area contributed by atoms with E-state index in [4.69, 9.17) is 5.11 Å². The van der Waals surface area contributed by atoms with E-state index in [2.05, 4.69) is 10.1 Å². The zero-order valence-electron chi connectivity index (χ0n) is 23.1. The summed E-state index contributed by atoms with van der Waals surface area (Å²) in [6.07, 6.45) is -7.50. The van der Waals surface area contributed by atoms with Crippen LogP contribution in [0.4, 0.5) is 13.2 Å². The number of aliphatic carboxylic acids is 1. The summed E-state index contributed by atoms with van der Waals surface area (Å²) in [5, 5.41) is 20.5. The minimum absolute atomic E-state index is 0.0382. The highest BCUT2D eigenvalue weighted by Gasteiger charge is 2.32. The molecular weight excluding hydrogens is 555 g/mol. The van der Waals surface area contributed by atoms with Gasteiger partial charge in [-0.3, -0.25) is 19.2 Å². The number of amides is 1. The normalized spacial score (nSPS) is 13.1. The summed E-state index contributed by atoms with van der Waals surface area (Å²) in [5.74, 6) is -4.51. The van der Waals surface area contributed by atoms with Gasteiger partial charge in [-0.25, -0.2) is 0 Å². The Morgan fingerprint density at radius 3 is 1.81 bits per heavy atom. The average Bonchev–Trinajstić information content (AvgIpc) is 2.90. The van der Waals surface area contributed by atoms with E-state index < -0.39 is 48.3 Å². The molecular formula is C31H30F3NO7. The average molecular weight is 586 g/mol. The Morgan fingerprint density at radius 1 is 0.786 bits per heavy atom. The summed E-state index contributed by atoms with van der Waals surface area (Å²) in [4.78, 5) is 49.9. The smallest absolute Gasteiger partial charge is 0.481 e. The maximum absolute atomic E-state index is 13.6. The molecule has 3 aromatic carbocycles. The van der Waals surface area contributed by atoms with Gasteiger partial charge in [-0.2, -0.15) is 0 Å². The van der Waals surface area contributed by atoms with Crippen molar-refractivity contribution in [3.05, 3.63) is 101 Å². The molecule has 8 nitrogen and oxygen atoms in total. The van der Waals surface area contributed by atoms with Crippen LogP contribution in [0.15, 0.2) is 72.8 Å². The fraction of sp³-hybridized carbons (Fsp3) is 0.290. The molecule has 3 aromatic rings. The molecule has 1 amide bonds. The number of benzene rings is 3. The Hall–Kier alpha value is -4.51. The number of hydrogen-bond donors (Lipinski definition) is 3. The number of alkyl halides is 3. The predicted molar refractivity (Wildman–Crippen MR) is 146 cm³/mol. The van der Waals surface area contributed by atoms with Crippen LogP contribution in [0.3, 0.4) is 0 Å². The second-order valence-electron chi connectivity index (χ2n) is 10.7. The number of nitrogens with one attached hydrogen (secondary N) is 1. The fourth-order valence-electron chi connectivity index (χ4n) is 4.16. The van der Waals surface area contributed by atoms with Gasteiger partial charge in [0.1, 0.15) is 12.0 Å². The number of aliphatic hydroxyl groups is 1. The van der Waals surface area contributed by atoms with Crippen LogP contribution in [-0.4, -0.2) is 46.2 Å². The number of carboxylic acid groups (broad SMARTS) is 1. The van der Waals surface area contributed by atoms with Gasteiger partial charge in [0.05, 0.1) is 12.3 Å². The van der Waals surface area contributed by atoms with Gasteiger partial charge in [0.2, 0.25) is 0 Å². The summed E-state index contributed by atoms with van der Waals surface area (Å²) in [5.41, 5.74) is 1.67. The highest BCUT2D eigenvalue weighted by Crippen LogP contribution is 2.30. The van der Waals surface area contributed by atoms with E-state index in [9.17, 15) is 37.5 Å². The second-order valence-corrected chi connectivity index (χ2v) is 10.7. The Balaban J connectivity index is 1.88. The number of Topliss-reactive ketones (excluding diaryl/α,β-unsaturated/α-hetero) is 2. The standard InChI is InChI=1S/C31H30F3NO7/c1-30(2,3)22-12-8-19(9-13-22)25(36)16-24(18-10-14-23(15-11-18)42-31(32,33)34)28(40)20-4-6-21(7-5-20)29(41)35-26(37)17-27(38)39/h4-15,24,26,37H,16-17H2,1-3H3,(H,35,41)(H,38,39). The summed E-state index contributed by atoms with van der Waals surface area (Å²) in [6.45, 7) is 6.08. The van der Waals surface area contributed by atoms with Crippen molar-refractivity contribution in [3.8, 4) is 5.75 Å². The fourth-order valence-corrected chi connectivity index (χ4v) is 4.16. The van der Waals surface area contributed by atoms with Gasteiger partial charge in [-0.05, 0) is 40.8 Å². The van der Waals surface area contributed by atoms with Crippen molar-refractivity contribution in [2.45, 2.75) is 57.5 Å². The molecule has 0 aliphatic rings. The number of carbonyl (C=O) groups excluding carboxylic acids is 3. The number of carbonyl (C=O) groups is 4. The molecule has 0 aliphatic heterocycles. The summed E-state index contributed by atoms with van der Waals surface area (Å²) >= 11 is 0. The van der Waals surface area contributed by atoms with Gasteiger partial charge in [-0.1, -0.05) is 69.3 Å². The third-order valence-corrected chi connectivity index (χ3v) is 6.39. The number of hydrogen-bond acceptors (Lipinski definition) is 6. The number of halogens is 3. The molecule has 42 heavy (non-hydrogen) atoms. The Kier molecular flexibility index (Phi) is 9.90. The Labute approximate surface area is 240 Å². The van der Waals surface area contributed by atoms with Crippen LogP contribution in [0.2, 0.25) is 0 Å². The summed E-state index contributed by atoms with van der Waals surface area (Å²) in [7, 11) is 0. The molecule has 3 rings (SSSR count). The van der Waals surface area contributed by atoms with Gasteiger partial charge in [0.25, 0.3) is 5.91 Å². The van der Waals surface area contributed by atoms with Crippen molar-refractivity contribution in [3.63, 3.8) is 0 Å². The van der Waals surface area contributed by atoms with Crippen LogP contribution in [0, 0.1) is 0 Å². The van der Waals surface area contributed by atoms with Crippen molar-refractivity contribution in [1.82, 2.24) is 5.32 Å². The van der Waals surface area contributed by atoms with Crippen LogP contribution in [0.5, 0.6) is 5.75 Å². The molecule has 0 fully saturated rings. The van der Waals surface area contributed by atoms with Crippen LogP contribution in [-0.2, 0) is 10.2 Å². The van der Waals surface area contributed by atoms with E-state index in [0.29, 0.717) is 5.56 Å². The van der Waals surface area contributed by atoms with Crippen molar-refractivity contribution in [2.75, 3.05) is 0 Å². The summed E-state index contributed by atoms with van der Waals surface area (Å²) in [6, 6.07) is 16.9. The maximum Gasteiger partial charge on any atom is 0.573 e. The van der Waals surface area contributed by atoms with Gasteiger partial charge in [0.15, 0.2) is 11.6 Å². The highest BCUT2D eigenvalue weighted by molar-refractivity contribution is 6.06. The van der Waals surface area contributed by atoms with E-state index in [1.54, 1.807) is 12.1 Å². The SMILES string of the molecule is CC(C)(C)c1ccc(C(=O)CC(C(=O)c2ccc(C(=O)NC(O)CC(=O)O)cc2)c2ccc(OC(F)(F)F)cc2)cc1. The zero-order chi connectivity index (χ0) is 31.2. The first-order chi connectivity index (χ1) is 19.5. The van der Waals surface area contributed by atoms with Gasteiger partial charge < -0.3 is 20.3 Å². The first-order valence-corrected chi connectivity index (χ1v) is 12.9. The van der Waals surface area contributed by atoms with Crippen molar-refractivity contribution in [1.29, 1.82) is 0 Å². The van der Waals surface area contributed by atoms with Crippen molar-refractivity contribution >= 4 is 23.4 Å². The molecule has 0 bridgehead atoms. The van der Waals surface area contributed by atoms with Crippen LogP contribution >= 0.6 is 0 Å². The largest absolute Gasteiger partial charge is 0.573 e. The Bertz CT molecular complexity index is 1430. The van der Waals surface area contributed by atoms with Gasteiger partial charge in [-0.15, -0.1) is 13.2 Å². The molecule has 0 radical (unpaired) electrons. The number of ether oxygens (including phenoxy) is 1. The minimum atomic E-state index is -4.90. The molecule has 11 heteroatoms. The zero-order valence-corrected chi connectivity index (χ0v) is 23.1. The molecule has 3 N–H and O–H groups in total. The lowest BCUT2D eigenvalue weighted by Crippen LogP contribution is -2.36. The lowest BCUT2D eigenvalue weighted by molar-refractivity contribution is -0.274. The van der Waals surface area contributed by atoms with E-state index in [0.717, 1.165) is 17.7 Å². The number of aliphatic hydroxyl groups excluding tert-OH is 1. The third-order valence-electron chi connectivity index (χ3n) is 6.39. The van der Waals surface area contributed by atoms with Crippen LogP contribution in [0.25, 0.3) is 0 Å². The van der Waals surface area contributed by atoms with Gasteiger partial charge in [0, 0.05) is 23.1 Å². The predicted octanol–water partition coefficient (Wildman–Crippen LogP) is 5.65. The maximum atomic E-state index is 13.6. The van der Waals surface area contributed by atoms with E-state index in [1.165, 1.54) is 36.4 Å². The lowest BCUT2D eigenvalue weighted by Gasteiger charge is -2.20. The molecule has 0 heterocycles. The molecule has 0 aromatic heterocycles. The minimum Gasteiger partial charge on any atom is -0.481 e. The number of rotatable bonds is 11. The summed E-state index contributed by atoms with van der Waals surface area (Å²) < 4.78 is 41.8. The highest BCUT2D eigenvalue weighted by atomic mass is 19.4. The number of carboxylic acids is 1. The molecule has 0 saturated heterocycles. The number of ketones is 2. The van der Waals surface area contributed by atoms with E-state index >= 15 is 0 Å². The first-order valence-electron chi connectivity index (χ1n) is 12.9. The van der Waals surface area contributed by atoms with Gasteiger partial charge >= 0.3 is 12.3 Å². The molecule has 0 saturated carbocycles. The monoisotopic (exact) mass is 585 g/mol. The quantitative estimate of drug-likeness (QED) is 0.196.